The normalized spacial score (nSPS) is 13.8. The number of hydrogen-bond donors (Lipinski definition) is 3. The number of phosphoric acid groups is 2. The van der Waals surface area contributed by atoms with E-state index in [1.807, 2.05) is 0 Å². The summed E-state index contributed by atoms with van der Waals surface area (Å²) >= 11 is 0. The molecule has 0 saturated heterocycles. The van der Waals surface area contributed by atoms with Crippen molar-refractivity contribution in [3.8, 4) is 0 Å². The van der Waals surface area contributed by atoms with Crippen molar-refractivity contribution in [3.05, 3.63) is 0 Å². The zero-order valence-corrected chi connectivity index (χ0v) is 67.8. The third-order valence-corrected chi connectivity index (χ3v) is 21.2. The zero-order chi connectivity index (χ0) is 74.1. The lowest BCUT2D eigenvalue weighted by atomic mass is 10.0. The number of esters is 4. The first kappa shape index (κ1) is 99.1. The molecule has 0 bridgehead atoms. The summed E-state index contributed by atoms with van der Waals surface area (Å²) in [5.41, 5.74) is 0. The highest BCUT2D eigenvalue weighted by Gasteiger charge is 2.30. The van der Waals surface area contributed by atoms with Gasteiger partial charge in [0.2, 0.25) is 0 Å². The standard InChI is InChI=1S/C82H160O17P2/c1-6-9-12-15-18-21-23-25-26-27-28-29-30-31-36-40-44-48-53-58-63-68-82(87)99-78(72-93-80(85)66-61-56-51-46-42-39-35-33-32-34-38-41-45-49-54-59-64-75(4)5)74-97-101(90,91)95-70-76(83)69-94-100(88,89)96-73-77(71-92-79(84)65-60-55-50-20-17-14-11-8-3)98-81(86)67-62-57-52-47-43-37-24-22-19-16-13-10-7-2/h75-78,83H,6-74H2,1-5H3,(H,88,89)(H,90,91)/t76-,77+,78+/m0/s1. The van der Waals surface area contributed by atoms with E-state index < -0.39 is 97.5 Å². The summed E-state index contributed by atoms with van der Waals surface area (Å²) in [7, 11) is -9.91. The number of carbonyl (C=O) groups is 4. The molecule has 600 valence electrons. The van der Waals surface area contributed by atoms with Crippen LogP contribution in [0, 0.1) is 5.92 Å². The zero-order valence-electron chi connectivity index (χ0n) is 66.1. The minimum Gasteiger partial charge on any atom is -0.462 e. The van der Waals surface area contributed by atoms with Gasteiger partial charge in [-0.15, -0.1) is 0 Å². The van der Waals surface area contributed by atoms with E-state index in [9.17, 15) is 43.2 Å². The maximum Gasteiger partial charge on any atom is 0.472 e. The van der Waals surface area contributed by atoms with E-state index in [1.54, 1.807) is 0 Å². The molecule has 101 heavy (non-hydrogen) atoms. The lowest BCUT2D eigenvalue weighted by Crippen LogP contribution is -2.30. The van der Waals surface area contributed by atoms with Crippen molar-refractivity contribution < 1.29 is 80.2 Å². The second kappa shape index (κ2) is 74.9. The van der Waals surface area contributed by atoms with Crippen molar-refractivity contribution in [1.82, 2.24) is 0 Å². The van der Waals surface area contributed by atoms with Crippen molar-refractivity contribution in [2.45, 2.75) is 457 Å². The third kappa shape index (κ3) is 76.1. The Balaban J connectivity index is 5.18. The number of rotatable bonds is 82. The predicted octanol–water partition coefficient (Wildman–Crippen LogP) is 24.8. The van der Waals surface area contributed by atoms with Gasteiger partial charge in [0, 0.05) is 25.7 Å². The Hall–Kier alpha value is -1.94. The topological polar surface area (TPSA) is 237 Å². The Kier molecular flexibility index (Phi) is 73.5. The molecule has 0 aromatic rings. The monoisotopic (exact) mass is 1480 g/mol. The number of hydrogen-bond acceptors (Lipinski definition) is 15. The van der Waals surface area contributed by atoms with Crippen LogP contribution < -0.4 is 0 Å². The van der Waals surface area contributed by atoms with Gasteiger partial charge >= 0.3 is 39.5 Å². The van der Waals surface area contributed by atoms with E-state index in [0.717, 1.165) is 102 Å². The minimum atomic E-state index is -4.96. The summed E-state index contributed by atoms with van der Waals surface area (Å²) in [5, 5.41) is 10.6. The maximum atomic E-state index is 13.1. The quantitative estimate of drug-likeness (QED) is 0.0222. The van der Waals surface area contributed by atoms with Crippen LogP contribution >= 0.6 is 15.6 Å². The SMILES string of the molecule is CCCCCCCCCCCCCCCCCCCCCCCC(=O)O[C@H](COC(=O)CCCCCCCCCCCCCCCCCCC(C)C)COP(=O)(O)OC[C@@H](O)COP(=O)(O)OC[C@@H](COC(=O)CCCCCCCCCC)OC(=O)CCCCCCCCCCCCCCC. The van der Waals surface area contributed by atoms with Crippen molar-refractivity contribution >= 4 is 39.5 Å². The average Bonchev–Trinajstić information content (AvgIpc) is 0.958. The van der Waals surface area contributed by atoms with Crippen molar-refractivity contribution in [2.24, 2.45) is 5.92 Å². The fourth-order valence-electron chi connectivity index (χ4n) is 12.8. The van der Waals surface area contributed by atoms with Gasteiger partial charge in [-0.05, 0) is 31.6 Å². The summed E-state index contributed by atoms with van der Waals surface area (Å²) in [6, 6.07) is 0. The molecule has 0 aliphatic rings. The van der Waals surface area contributed by atoms with Crippen LogP contribution in [-0.4, -0.2) is 96.7 Å². The molecule has 2 unspecified atom stereocenters. The van der Waals surface area contributed by atoms with E-state index >= 15 is 0 Å². The van der Waals surface area contributed by atoms with Crippen LogP contribution in [-0.2, 0) is 65.4 Å². The van der Waals surface area contributed by atoms with Crippen molar-refractivity contribution in [3.63, 3.8) is 0 Å². The number of unbranched alkanes of at least 4 members (excludes halogenated alkanes) is 54. The Morgan fingerprint density at radius 1 is 0.267 bits per heavy atom. The average molecular weight is 1480 g/mol. The molecule has 0 rings (SSSR count). The Labute approximate surface area is 619 Å². The number of aliphatic hydroxyl groups is 1. The fourth-order valence-corrected chi connectivity index (χ4v) is 14.3. The van der Waals surface area contributed by atoms with Gasteiger partial charge in [-0.1, -0.05) is 388 Å². The van der Waals surface area contributed by atoms with Gasteiger partial charge in [0.15, 0.2) is 12.2 Å². The molecule has 19 heteroatoms. The highest BCUT2D eigenvalue weighted by atomic mass is 31.2. The molecule has 0 aromatic heterocycles. The molecule has 5 atom stereocenters. The lowest BCUT2D eigenvalue weighted by molar-refractivity contribution is -0.161. The molecule has 0 aromatic carbocycles. The Morgan fingerprint density at radius 3 is 0.673 bits per heavy atom. The second-order valence-corrected chi connectivity index (χ2v) is 32.9. The summed E-state index contributed by atoms with van der Waals surface area (Å²) in [6.45, 7) is 7.34. The third-order valence-electron chi connectivity index (χ3n) is 19.3. The Bertz CT molecular complexity index is 1930. The molecule has 0 amide bonds. The molecule has 3 N–H and O–H groups in total. The molecular formula is C82H160O17P2. The smallest absolute Gasteiger partial charge is 0.462 e. The van der Waals surface area contributed by atoms with Crippen LogP contribution in [0.25, 0.3) is 0 Å². The molecule has 0 aliphatic carbocycles. The van der Waals surface area contributed by atoms with Crippen LogP contribution in [0.4, 0.5) is 0 Å². The fraction of sp³-hybridized carbons (Fsp3) is 0.951. The molecule has 17 nitrogen and oxygen atoms in total. The first-order valence-corrected chi connectivity index (χ1v) is 45.6. The van der Waals surface area contributed by atoms with Crippen LogP contribution in [0.3, 0.4) is 0 Å². The lowest BCUT2D eigenvalue weighted by Gasteiger charge is -2.21. The van der Waals surface area contributed by atoms with E-state index in [-0.39, 0.29) is 25.7 Å². The van der Waals surface area contributed by atoms with Gasteiger partial charge in [0.25, 0.3) is 0 Å². The second-order valence-electron chi connectivity index (χ2n) is 30.0. The molecule has 0 spiro atoms. The van der Waals surface area contributed by atoms with E-state index in [1.165, 1.54) is 257 Å². The first-order chi connectivity index (χ1) is 49.0. The van der Waals surface area contributed by atoms with Gasteiger partial charge in [-0.2, -0.15) is 0 Å². The molecule has 0 fully saturated rings. The molecule has 0 radical (unpaired) electrons. The Morgan fingerprint density at radius 2 is 0.455 bits per heavy atom. The highest BCUT2D eigenvalue weighted by molar-refractivity contribution is 7.47. The van der Waals surface area contributed by atoms with Gasteiger partial charge in [0.05, 0.1) is 26.4 Å². The number of ether oxygens (including phenoxy) is 4. The van der Waals surface area contributed by atoms with E-state index in [2.05, 4.69) is 34.6 Å². The summed E-state index contributed by atoms with van der Waals surface area (Å²) in [5.74, 6) is -1.30. The van der Waals surface area contributed by atoms with Gasteiger partial charge in [0.1, 0.15) is 19.3 Å². The number of phosphoric ester groups is 2. The minimum absolute atomic E-state index is 0.108. The van der Waals surface area contributed by atoms with Crippen LogP contribution in [0.15, 0.2) is 0 Å². The van der Waals surface area contributed by atoms with E-state index in [4.69, 9.17) is 37.0 Å². The van der Waals surface area contributed by atoms with Crippen LogP contribution in [0.1, 0.15) is 439 Å². The molecule has 0 heterocycles. The van der Waals surface area contributed by atoms with Gasteiger partial charge in [-0.3, -0.25) is 37.3 Å². The van der Waals surface area contributed by atoms with E-state index in [0.29, 0.717) is 25.7 Å². The number of carbonyl (C=O) groups excluding carboxylic acids is 4. The summed E-state index contributed by atoms with van der Waals surface area (Å²) < 4.78 is 68.7. The van der Waals surface area contributed by atoms with Gasteiger partial charge in [-0.25, -0.2) is 9.13 Å². The highest BCUT2D eigenvalue weighted by Crippen LogP contribution is 2.45. The van der Waals surface area contributed by atoms with Crippen LogP contribution in [0.2, 0.25) is 0 Å². The van der Waals surface area contributed by atoms with Gasteiger partial charge < -0.3 is 33.8 Å². The molecular weight excluding hydrogens is 1320 g/mol. The summed E-state index contributed by atoms with van der Waals surface area (Å²) in [6.07, 6.45) is 66.8. The van der Waals surface area contributed by atoms with Crippen molar-refractivity contribution in [2.75, 3.05) is 39.6 Å². The summed E-state index contributed by atoms with van der Waals surface area (Å²) in [4.78, 5) is 72.9. The predicted molar refractivity (Wildman–Crippen MR) is 414 cm³/mol. The first-order valence-electron chi connectivity index (χ1n) is 42.6. The van der Waals surface area contributed by atoms with Crippen LogP contribution in [0.5, 0.6) is 0 Å². The molecule has 0 saturated carbocycles. The maximum absolute atomic E-state index is 13.1. The molecule has 0 aliphatic heterocycles. The largest absolute Gasteiger partial charge is 0.472 e. The number of aliphatic hydroxyl groups excluding tert-OH is 1. The van der Waals surface area contributed by atoms with Crippen molar-refractivity contribution in [1.29, 1.82) is 0 Å².